The van der Waals surface area contributed by atoms with Crippen molar-refractivity contribution in [1.82, 2.24) is 20.9 Å². The summed E-state index contributed by atoms with van der Waals surface area (Å²) in [6.45, 7) is 20.7. The third-order valence-corrected chi connectivity index (χ3v) is 7.53. The first-order valence-corrected chi connectivity index (χ1v) is 15.1. The van der Waals surface area contributed by atoms with Gasteiger partial charge in [-0.3, -0.25) is 0 Å². The number of fused-ring (bicyclic) bond motifs is 1. The van der Waals surface area contributed by atoms with Crippen molar-refractivity contribution in [2.75, 3.05) is 51.6 Å². The highest BCUT2D eigenvalue weighted by Gasteiger charge is 2.40. The fourth-order valence-corrected chi connectivity index (χ4v) is 5.67. The Morgan fingerprint density at radius 2 is 1.84 bits per heavy atom. The minimum absolute atomic E-state index is 0.232. The van der Waals surface area contributed by atoms with Gasteiger partial charge in [-0.25, -0.2) is 0 Å². The summed E-state index contributed by atoms with van der Waals surface area (Å²) < 4.78 is 0. The number of hydrogen-bond acceptors (Lipinski definition) is 5. The van der Waals surface area contributed by atoms with Crippen LogP contribution in [0.3, 0.4) is 0 Å². The molecule has 37 heavy (non-hydrogen) atoms. The van der Waals surface area contributed by atoms with Gasteiger partial charge in [-0.2, -0.15) is 0 Å². The first-order valence-electron chi connectivity index (χ1n) is 15.1. The van der Waals surface area contributed by atoms with Gasteiger partial charge >= 0.3 is 0 Å². The van der Waals surface area contributed by atoms with Crippen LogP contribution in [-0.2, 0) is 6.42 Å². The number of nitrogens with zero attached hydrogens (tertiary/aromatic N) is 1. The topological polar surface area (TPSA) is 51.4 Å². The van der Waals surface area contributed by atoms with Crippen LogP contribution in [0.5, 0.6) is 0 Å². The predicted octanol–water partition coefficient (Wildman–Crippen LogP) is 6.17. The van der Waals surface area contributed by atoms with E-state index in [0.29, 0.717) is 5.41 Å². The van der Waals surface area contributed by atoms with E-state index in [2.05, 4.69) is 69.5 Å². The Balaban J connectivity index is 0.000000750. The van der Waals surface area contributed by atoms with Gasteiger partial charge in [-0.15, -0.1) is 0 Å². The monoisotopic (exact) mass is 509 g/mol. The number of benzene rings is 1. The Kier molecular flexibility index (Phi) is 13.3. The molecule has 4 N–H and O–H groups in total. The second-order valence-corrected chi connectivity index (χ2v) is 9.68. The molecule has 5 nitrogen and oxygen atoms in total. The SMILES string of the molecule is CC.CC.CC.CCc1ccc2c(c1)NC(C1=CC=C(CNC)NC1)C=C2N1CCC2(CCCNC2)C1. The summed E-state index contributed by atoms with van der Waals surface area (Å²) in [7, 11) is 1.99. The third kappa shape index (κ3) is 7.64. The van der Waals surface area contributed by atoms with Crippen LogP contribution in [0.15, 0.2) is 47.7 Å². The molecule has 1 aromatic carbocycles. The Morgan fingerprint density at radius 3 is 2.46 bits per heavy atom. The normalized spacial score (nSPS) is 23.7. The third-order valence-electron chi connectivity index (χ3n) is 7.53. The smallest absolute Gasteiger partial charge is 0.0701 e. The summed E-state index contributed by atoms with van der Waals surface area (Å²) in [5, 5.41) is 14.3. The van der Waals surface area contributed by atoms with Crippen molar-refractivity contribution in [3.63, 3.8) is 0 Å². The number of rotatable bonds is 5. The number of aryl methyl sites for hydroxylation is 1. The zero-order valence-corrected chi connectivity index (χ0v) is 25.1. The molecule has 4 aliphatic rings. The highest BCUT2D eigenvalue weighted by molar-refractivity contribution is 5.81. The maximum Gasteiger partial charge on any atom is 0.0701 e. The minimum atomic E-state index is 0.232. The summed E-state index contributed by atoms with van der Waals surface area (Å²) in [4.78, 5) is 2.67. The van der Waals surface area contributed by atoms with Gasteiger partial charge in [0.2, 0.25) is 0 Å². The van der Waals surface area contributed by atoms with Crippen LogP contribution in [0.4, 0.5) is 5.69 Å². The number of likely N-dealkylation sites (N-methyl/N-ethyl adjacent to an activating group) is 1. The molecule has 2 saturated heterocycles. The lowest BCUT2D eigenvalue weighted by Crippen LogP contribution is -2.42. The van der Waals surface area contributed by atoms with E-state index < -0.39 is 0 Å². The summed E-state index contributed by atoms with van der Waals surface area (Å²) >= 11 is 0. The van der Waals surface area contributed by atoms with Gasteiger partial charge in [0.15, 0.2) is 0 Å². The van der Waals surface area contributed by atoms with Crippen molar-refractivity contribution in [3.05, 3.63) is 58.8 Å². The maximum atomic E-state index is 3.84. The average Bonchev–Trinajstić information content (AvgIpc) is 3.39. The zero-order chi connectivity index (χ0) is 27.3. The molecular formula is C32H55N5. The second kappa shape index (κ2) is 15.9. The lowest BCUT2D eigenvalue weighted by Gasteiger charge is -2.37. The van der Waals surface area contributed by atoms with Crippen molar-refractivity contribution < 1.29 is 0 Å². The Morgan fingerprint density at radius 1 is 1.05 bits per heavy atom. The number of piperidine rings is 1. The molecular weight excluding hydrogens is 454 g/mol. The van der Waals surface area contributed by atoms with Crippen molar-refractivity contribution in [2.45, 2.75) is 80.2 Å². The van der Waals surface area contributed by atoms with Crippen molar-refractivity contribution in [3.8, 4) is 0 Å². The molecule has 4 heterocycles. The number of hydrogen-bond donors (Lipinski definition) is 4. The largest absolute Gasteiger partial charge is 0.383 e. The molecule has 0 radical (unpaired) electrons. The zero-order valence-electron chi connectivity index (χ0n) is 25.1. The van der Waals surface area contributed by atoms with Crippen LogP contribution < -0.4 is 21.3 Å². The molecule has 5 heteroatoms. The molecule has 0 aromatic heterocycles. The molecule has 1 aromatic rings. The molecule has 2 fully saturated rings. The predicted molar refractivity (Wildman–Crippen MR) is 164 cm³/mol. The van der Waals surface area contributed by atoms with Crippen LogP contribution >= 0.6 is 0 Å². The van der Waals surface area contributed by atoms with E-state index in [-0.39, 0.29) is 6.04 Å². The number of nitrogens with one attached hydrogen (secondary N) is 4. The Bertz CT molecular complexity index is 908. The van der Waals surface area contributed by atoms with E-state index in [0.717, 1.165) is 19.5 Å². The van der Waals surface area contributed by atoms with E-state index in [1.165, 1.54) is 79.2 Å². The van der Waals surface area contributed by atoms with E-state index in [1.807, 2.05) is 48.6 Å². The number of dihydropyridines is 1. The summed E-state index contributed by atoms with van der Waals surface area (Å²) in [6, 6.07) is 7.24. The highest BCUT2D eigenvalue weighted by Crippen LogP contribution is 2.42. The highest BCUT2D eigenvalue weighted by atomic mass is 15.2. The van der Waals surface area contributed by atoms with Gasteiger partial charge in [-0.05, 0) is 68.6 Å². The van der Waals surface area contributed by atoms with Crippen LogP contribution in [0.1, 0.15) is 78.9 Å². The van der Waals surface area contributed by atoms with Crippen LogP contribution in [0.2, 0.25) is 0 Å². The quantitative estimate of drug-likeness (QED) is 0.382. The molecule has 0 aliphatic carbocycles. The summed E-state index contributed by atoms with van der Waals surface area (Å²) in [6.07, 6.45) is 12.1. The number of likely N-dealkylation sites (tertiary alicyclic amines) is 1. The Hall–Kier alpha value is -2.24. The molecule has 208 valence electrons. The minimum Gasteiger partial charge on any atom is -0.383 e. The van der Waals surface area contributed by atoms with Gasteiger partial charge in [-0.1, -0.05) is 66.7 Å². The van der Waals surface area contributed by atoms with Crippen LogP contribution in [-0.4, -0.2) is 57.3 Å². The van der Waals surface area contributed by atoms with Crippen molar-refractivity contribution in [1.29, 1.82) is 0 Å². The first-order chi connectivity index (χ1) is 18.2. The maximum absolute atomic E-state index is 3.84. The molecule has 0 amide bonds. The molecule has 2 unspecified atom stereocenters. The van der Waals surface area contributed by atoms with Gasteiger partial charge in [0.25, 0.3) is 0 Å². The van der Waals surface area contributed by atoms with Crippen molar-refractivity contribution >= 4 is 11.4 Å². The standard InChI is InChI=1S/C26H37N5.3C2H6/c1-3-19-5-8-22-24(13-19)30-23(20-6-7-21(16-27-2)29-15-20)14-25(22)31-12-10-26(18-31)9-4-11-28-17-26;3*1-2/h5-8,13-14,23,27-30H,3-4,9-12,15-18H2,1-2H3;3*1-2H3. The summed E-state index contributed by atoms with van der Waals surface area (Å²) in [5.74, 6) is 0. The molecule has 5 rings (SSSR count). The lowest BCUT2D eigenvalue weighted by molar-refractivity contribution is 0.221. The molecule has 1 spiro atoms. The second-order valence-electron chi connectivity index (χ2n) is 9.68. The fourth-order valence-electron chi connectivity index (χ4n) is 5.67. The molecule has 2 atom stereocenters. The molecule has 0 saturated carbocycles. The molecule has 0 bridgehead atoms. The number of allylic oxidation sites excluding steroid dienone is 2. The Labute approximate surface area is 228 Å². The van der Waals surface area contributed by atoms with E-state index in [4.69, 9.17) is 0 Å². The van der Waals surface area contributed by atoms with E-state index >= 15 is 0 Å². The van der Waals surface area contributed by atoms with Crippen molar-refractivity contribution in [2.24, 2.45) is 5.41 Å². The van der Waals surface area contributed by atoms with Gasteiger partial charge in [0.1, 0.15) is 0 Å². The van der Waals surface area contributed by atoms with Gasteiger partial charge in [0.05, 0.1) is 6.04 Å². The van der Waals surface area contributed by atoms with Crippen LogP contribution in [0.25, 0.3) is 5.70 Å². The lowest BCUT2D eigenvalue weighted by atomic mass is 9.80. The van der Waals surface area contributed by atoms with E-state index in [1.54, 1.807) is 0 Å². The van der Waals surface area contributed by atoms with Gasteiger partial charge < -0.3 is 26.2 Å². The molecule has 4 aliphatic heterocycles. The van der Waals surface area contributed by atoms with Crippen LogP contribution in [0, 0.1) is 5.41 Å². The van der Waals surface area contributed by atoms with Gasteiger partial charge in [0, 0.05) is 60.8 Å². The number of anilines is 1. The first kappa shape index (κ1) is 31.0. The average molecular weight is 510 g/mol. The summed E-state index contributed by atoms with van der Waals surface area (Å²) in [5.41, 5.74) is 8.59. The van der Waals surface area contributed by atoms with E-state index in [9.17, 15) is 0 Å². The fraction of sp³-hybridized carbons (Fsp3) is 0.625.